The molecule has 0 fully saturated rings. The average molecular weight is 229 g/mol. The van der Waals surface area contributed by atoms with Crippen LogP contribution in [0.4, 0.5) is 5.82 Å². The van der Waals surface area contributed by atoms with E-state index in [-0.39, 0.29) is 5.91 Å². The molecule has 0 bridgehead atoms. The van der Waals surface area contributed by atoms with Crippen LogP contribution >= 0.6 is 0 Å². The van der Waals surface area contributed by atoms with Crippen LogP contribution in [0.3, 0.4) is 0 Å². The summed E-state index contributed by atoms with van der Waals surface area (Å²) in [5.41, 5.74) is 2.11. The lowest BCUT2D eigenvalue weighted by atomic mass is 10.1. The molecule has 4 nitrogen and oxygen atoms in total. The van der Waals surface area contributed by atoms with Crippen LogP contribution in [0.25, 0.3) is 0 Å². The molecule has 88 valence electrons. The van der Waals surface area contributed by atoms with Gasteiger partial charge in [0.1, 0.15) is 5.82 Å². The second kappa shape index (κ2) is 5.30. The number of benzene rings is 1. The van der Waals surface area contributed by atoms with Gasteiger partial charge in [-0.1, -0.05) is 30.3 Å². The molecule has 0 atom stereocenters. The zero-order valence-corrected chi connectivity index (χ0v) is 9.73. The predicted octanol–water partition coefficient (Wildman–Crippen LogP) is 2.29. The third kappa shape index (κ3) is 3.17. The third-order valence-electron chi connectivity index (χ3n) is 2.58. The zero-order valence-electron chi connectivity index (χ0n) is 9.73. The minimum absolute atomic E-state index is 0.00111. The van der Waals surface area contributed by atoms with Crippen molar-refractivity contribution in [2.75, 3.05) is 5.32 Å². The van der Waals surface area contributed by atoms with E-state index in [1.165, 1.54) is 5.56 Å². The molecule has 4 heteroatoms. The molecule has 0 aliphatic rings. The molecule has 0 saturated carbocycles. The van der Waals surface area contributed by atoms with Gasteiger partial charge in [0.25, 0.3) is 0 Å². The average Bonchev–Trinajstić information content (AvgIpc) is 2.74. The van der Waals surface area contributed by atoms with Crippen molar-refractivity contribution >= 4 is 11.7 Å². The van der Waals surface area contributed by atoms with E-state index in [1.54, 1.807) is 6.20 Å². The monoisotopic (exact) mass is 229 g/mol. The summed E-state index contributed by atoms with van der Waals surface area (Å²) in [6, 6.07) is 9.97. The van der Waals surface area contributed by atoms with Gasteiger partial charge in [-0.2, -0.15) is 5.10 Å². The smallest absolute Gasteiger partial charge is 0.225 e. The van der Waals surface area contributed by atoms with Crippen LogP contribution < -0.4 is 5.32 Å². The maximum Gasteiger partial charge on any atom is 0.225 e. The largest absolute Gasteiger partial charge is 0.311 e. The fourth-order valence-electron chi connectivity index (χ4n) is 1.58. The highest BCUT2D eigenvalue weighted by Gasteiger charge is 2.06. The lowest BCUT2D eigenvalue weighted by molar-refractivity contribution is -0.116. The van der Waals surface area contributed by atoms with Gasteiger partial charge < -0.3 is 5.32 Å². The van der Waals surface area contributed by atoms with Gasteiger partial charge in [0.15, 0.2) is 0 Å². The molecule has 2 aromatic rings. The summed E-state index contributed by atoms with van der Waals surface area (Å²) in [6.45, 7) is 1.90. The maximum absolute atomic E-state index is 11.7. The molecular weight excluding hydrogens is 214 g/mol. The molecule has 0 aliphatic carbocycles. The Kier molecular flexibility index (Phi) is 3.55. The van der Waals surface area contributed by atoms with Gasteiger partial charge in [0, 0.05) is 12.0 Å². The molecule has 17 heavy (non-hydrogen) atoms. The summed E-state index contributed by atoms with van der Waals surface area (Å²) < 4.78 is 0. The Hall–Kier alpha value is -2.10. The first-order valence-corrected chi connectivity index (χ1v) is 5.59. The molecule has 0 aliphatic heterocycles. The van der Waals surface area contributed by atoms with E-state index in [0.29, 0.717) is 12.2 Å². The highest BCUT2D eigenvalue weighted by molar-refractivity contribution is 5.90. The van der Waals surface area contributed by atoms with Gasteiger partial charge in [0.05, 0.1) is 6.20 Å². The van der Waals surface area contributed by atoms with Crippen LogP contribution in [-0.2, 0) is 11.2 Å². The molecule has 2 N–H and O–H groups in total. The minimum Gasteiger partial charge on any atom is -0.311 e. The van der Waals surface area contributed by atoms with Crippen LogP contribution in [0.1, 0.15) is 17.5 Å². The topological polar surface area (TPSA) is 57.8 Å². The zero-order chi connectivity index (χ0) is 12.1. The summed E-state index contributed by atoms with van der Waals surface area (Å²) in [5, 5.41) is 9.41. The van der Waals surface area contributed by atoms with Crippen molar-refractivity contribution in [3.05, 3.63) is 47.7 Å². The molecule has 0 radical (unpaired) electrons. The number of carbonyl (C=O) groups excluding carboxylic acids is 1. The number of hydrogen-bond donors (Lipinski definition) is 2. The van der Waals surface area contributed by atoms with E-state index in [9.17, 15) is 4.79 Å². The number of anilines is 1. The molecule has 1 aromatic heterocycles. The minimum atomic E-state index is 0.00111. The SMILES string of the molecule is Cc1cn[nH]c1NC(=O)CCc1ccccc1. The fraction of sp³-hybridized carbons (Fsp3) is 0.231. The van der Waals surface area contributed by atoms with Gasteiger partial charge in [-0.15, -0.1) is 0 Å². The molecule has 1 amide bonds. The number of hydrogen-bond acceptors (Lipinski definition) is 2. The predicted molar refractivity (Wildman–Crippen MR) is 66.7 cm³/mol. The van der Waals surface area contributed by atoms with Crippen molar-refractivity contribution in [3.63, 3.8) is 0 Å². The highest BCUT2D eigenvalue weighted by Crippen LogP contribution is 2.09. The normalized spacial score (nSPS) is 10.2. The lowest BCUT2D eigenvalue weighted by Gasteiger charge is -2.03. The summed E-state index contributed by atoms with van der Waals surface area (Å²) in [6.07, 6.45) is 2.91. The Labute approximate surface area is 100 Å². The van der Waals surface area contributed by atoms with Gasteiger partial charge in [-0.05, 0) is 18.9 Å². The number of aromatic amines is 1. The lowest BCUT2D eigenvalue weighted by Crippen LogP contribution is -2.13. The molecule has 0 saturated heterocycles. The van der Waals surface area contributed by atoms with Crippen molar-refractivity contribution in [3.8, 4) is 0 Å². The number of nitrogens with zero attached hydrogens (tertiary/aromatic N) is 1. The van der Waals surface area contributed by atoms with Gasteiger partial charge in [0.2, 0.25) is 5.91 Å². The van der Waals surface area contributed by atoms with E-state index >= 15 is 0 Å². The third-order valence-corrected chi connectivity index (χ3v) is 2.58. The van der Waals surface area contributed by atoms with E-state index in [1.807, 2.05) is 37.3 Å². The maximum atomic E-state index is 11.7. The van der Waals surface area contributed by atoms with Crippen molar-refractivity contribution < 1.29 is 4.79 Å². The molecule has 0 spiro atoms. The van der Waals surface area contributed by atoms with Crippen LogP contribution in [0, 0.1) is 6.92 Å². The number of aryl methyl sites for hydroxylation is 2. The summed E-state index contributed by atoms with van der Waals surface area (Å²) in [4.78, 5) is 11.7. The van der Waals surface area contributed by atoms with Gasteiger partial charge in [-0.25, -0.2) is 0 Å². The van der Waals surface area contributed by atoms with Crippen molar-refractivity contribution in [1.29, 1.82) is 0 Å². The van der Waals surface area contributed by atoms with E-state index in [0.717, 1.165) is 12.0 Å². The summed E-state index contributed by atoms with van der Waals surface area (Å²) in [5.74, 6) is 0.685. The van der Waals surface area contributed by atoms with Gasteiger partial charge in [-0.3, -0.25) is 9.89 Å². The Morgan fingerprint density at radius 2 is 2.12 bits per heavy atom. The van der Waals surface area contributed by atoms with E-state index in [2.05, 4.69) is 15.5 Å². The first-order chi connectivity index (χ1) is 8.25. The van der Waals surface area contributed by atoms with Crippen molar-refractivity contribution in [1.82, 2.24) is 10.2 Å². The molecule has 1 aromatic carbocycles. The fourth-order valence-corrected chi connectivity index (χ4v) is 1.58. The Bertz CT molecular complexity index is 490. The Morgan fingerprint density at radius 3 is 2.76 bits per heavy atom. The second-order valence-corrected chi connectivity index (χ2v) is 3.96. The number of aromatic nitrogens is 2. The van der Waals surface area contributed by atoms with Crippen molar-refractivity contribution in [2.45, 2.75) is 19.8 Å². The molecule has 2 rings (SSSR count). The quantitative estimate of drug-likeness (QED) is 0.845. The Morgan fingerprint density at radius 1 is 1.35 bits per heavy atom. The van der Waals surface area contributed by atoms with Crippen LogP contribution in [0.5, 0.6) is 0 Å². The van der Waals surface area contributed by atoms with Crippen LogP contribution in [0.2, 0.25) is 0 Å². The number of rotatable bonds is 4. The first kappa shape index (κ1) is 11.4. The van der Waals surface area contributed by atoms with Crippen molar-refractivity contribution in [2.24, 2.45) is 0 Å². The number of amides is 1. The second-order valence-electron chi connectivity index (χ2n) is 3.96. The van der Waals surface area contributed by atoms with Crippen LogP contribution in [0.15, 0.2) is 36.5 Å². The number of carbonyl (C=O) groups is 1. The first-order valence-electron chi connectivity index (χ1n) is 5.59. The summed E-state index contributed by atoms with van der Waals surface area (Å²) in [7, 11) is 0. The standard InChI is InChI=1S/C13H15N3O/c1-10-9-14-16-13(10)15-12(17)8-7-11-5-3-2-4-6-11/h2-6,9H,7-8H2,1H3,(H2,14,15,16,17). The molecular formula is C13H15N3O. The summed E-state index contributed by atoms with van der Waals surface area (Å²) >= 11 is 0. The number of nitrogens with one attached hydrogen (secondary N) is 2. The molecule has 1 heterocycles. The van der Waals surface area contributed by atoms with Crippen LogP contribution in [-0.4, -0.2) is 16.1 Å². The molecule has 0 unspecified atom stereocenters. The highest BCUT2D eigenvalue weighted by atomic mass is 16.1. The van der Waals surface area contributed by atoms with E-state index in [4.69, 9.17) is 0 Å². The number of H-pyrrole nitrogens is 1. The van der Waals surface area contributed by atoms with Gasteiger partial charge >= 0.3 is 0 Å². The van der Waals surface area contributed by atoms with E-state index < -0.39 is 0 Å². The Balaban J connectivity index is 1.85.